The zero-order valence-electron chi connectivity index (χ0n) is 14.0. The van der Waals surface area contributed by atoms with Gasteiger partial charge in [-0.1, -0.05) is 29.3 Å². The topological polar surface area (TPSA) is 42.0 Å². The number of nitrogens with zero attached hydrogens (tertiary/aromatic N) is 1. The highest BCUT2D eigenvalue weighted by Crippen LogP contribution is 2.30. The number of carbonyl (C=O) groups excluding carboxylic acids is 1. The van der Waals surface area contributed by atoms with E-state index in [-0.39, 0.29) is 11.7 Å². The molecule has 0 saturated heterocycles. The van der Waals surface area contributed by atoms with E-state index in [0.717, 1.165) is 28.3 Å². The van der Waals surface area contributed by atoms with Gasteiger partial charge in [0.25, 0.3) is 0 Å². The minimum absolute atomic E-state index is 0.0789. The van der Waals surface area contributed by atoms with Gasteiger partial charge in [0.1, 0.15) is 5.82 Å². The first-order chi connectivity index (χ1) is 13.0. The second-order valence-corrected chi connectivity index (χ2v) is 8.46. The third kappa shape index (κ3) is 5.94. The molecule has 0 fully saturated rings. The van der Waals surface area contributed by atoms with E-state index in [0.29, 0.717) is 21.6 Å². The molecule has 0 aliphatic rings. The van der Waals surface area contributed by atoms with Crippen LogP contribution in [0.1, 0.15) is 12.8 Å². The molecule has 0 aliphatic heterocycles. The maximum atomic E-state index is 12.9. The number of amides is 1. The fraction of sp³-hybridized carbons (Fsp3) is 0.158. The maximum absolute atomic E-state index is 12.9. The van der Waals surface area contributed by atoms with Crippen molar-refractivity contribution in [3.05, 3.63) is 63.7 Å². The van der Waals surface area contributed by atoms with Crippen LogP contribution in [0, 0.1) is 5.82 Å². The average molecular weight is 441 g/mol. The van der Waals surface area contributed by atoms with Crippen LogP contribution in [0.15, 0.2) is 52.7 Å². The fourth-order valence-corrected chi connectivity index (χ4v) is 4.14. The summed E-state index contributed by atoms with van der Waals surface area (Å²) in [5.41, 5.74) is 1.58. The SMILES string of the molecule is O=C(CCCSc1ccc(F)cc1)Nc1nc(-c2ccc(Cl)c(Cl)c2)cs1. The summed E-state index contributed by atoms with van der Waals surface area (Å²) >= 11 is 14.9. The molecule has 0 saturated carbocycles. The summed E-state index contributed by atoms with van der Waals surface area (Å²) in [4.78, 5) is 17.5. The molecule has 3 aromatic rings. The summed E-state index contributed by atoms with van der Waals surface area (Å²) in [6, 6.07) is 11.6. The van der Waals surface area contributed by atoms with E-state index in [9.17, 15) is 9.18 Å². The quantitative estimate of drug-likeness (QED) is 0.325. The predicted molar refractivity (Wildman–Crippen MR) is 113 cm³/mol. The van der Waals surface area contributed by atoms with Crippen molar-refractivity contribution in [1.82, 2.24) is 4.98 Å². The first-order valence-electron chi connectivity index (χ1n) is 8.10. The van der Waals surface area contributed by atoms with Gasteiger partial charge in [0.15, 0.2) is 5.13 Å². The predicted octanol–water partition coefficient (Wildman–Crippen LogP) is 6.77. The second kappa shape index (κ2) is 9.55. The lowest BCUT2D eigenvalue weighted by Crippen LogP contribution is -2.11. The Kier molecular flexibility index (Phi) is 7.13. The summed E-state index contributed by atoms with van der Waals surface area (Å²) in [5.74, 6) is 0.456. The van der Waals surface area contributed by atoms with Crippen LogP contribution in [-0.4, -0.2) is 16.6 Å². The van der Waals surface area contributed by atoms with E-state index >= 15 is 0 Å². The molecule has 3 nitrogen and oxygen atoms in total. The number of halogens is 3. The van der Waals surface area contributed by atoms with Gasteiger partial charge in [0.05, 0.1) is 15.7 Å². The first-order valence-corrected chi connectivity index (χ1v) is 10.7. The smallest absolute Gasteiger partial charge is 0.226 e. The van der Waals surface area contributed by atoms with E-state index in [1.54, 1.807) is 36.0 Å². The number of anilines is 1. The van der Waals surface area contributed by atoms with Crippen LogP contribution in [0.2, 0.25) is 10.0 Å². The van der Waals surface area contributed by atoms with Gasteiger partial charge in [-0.3, -0.25) is 4.79 Å². The van der Waals surface area contributed by atoms with E-state index in [4.69, 9.17) is 23.2 Å². The molecule has 0 atom stereocenters. The van der Waals surface area contributed by atoms with E-state index in [1.807, 2.05) is 11.4 Å². The van der Waals surface area contributed by atoms with Crippen molar-refractivity contribution < 1.29 is 9.18 Å². The zero-order chi connectivity index (χ0) is 19.2. The van der Waals surface area contributed by atoms with Gasteiger partial charge in [-0.05, 0) is 48.6 Å². The molecule has 2 aromatic carbocycles. The Hall–Kier alpha value is -1.60. The molecule has 1 aromatic heterocycles. The number of hydrogen-bond acceptors (Lipinski definition) is 4. The monoisotopic (exact) mass is 440 g/mol. The molecule has 27 heavy (non-hydrogen) atoms. The van der Waals surface area contributed by atoms with Crippen LogP contribution in [0.5, 0.6) is 0 Å². The van der Waals surface area contributed by atoms with Crippen molar-refractivity contribution in [2.24, 2.45) is 0 Å². The number of carbonyl (C=O) groups is 1. The Morgan fingerprint density at radius 2 is 1.93 bits per heavy atom. The number of nitrogens with one attached hydrogen (secondary N) is 1. The Morgan fingerprint density at radius 1 is 1.15 bits per heavy atom. The molecular weight excluding hydrogens is 426 g/mol. The highest BCUT2D eigenvalue weighted by molar-refractivity contribution is 7.99. The Labute approximate surface area is 174 Å². The molecule has 0 unspecified atom stereocenters. The van der Waals surface area contributed by atoms with Crippen molar-refractivity contribution in [1.29, 1.82) is 0 Å². The third-order valence-corrected chi connectivity index (χ3v) is 6.19. The molecule has 0 aliphatic carbocycles. The Balaban J connectivity index is 1.46. The largest absolute Gasteiger partial charge is 0.302 e. The minimum atomic E-state index is -0.248. The standard InChI is InChI=1S/C19H15Cl2FN2OS2/c20-15-8-3-12(10-16(15)21)17-11-27-19(23-17)24-18(25)2-1-9-26-14-6-4-13(22)5-7-14/h3-8,10-11H,1-2,9H2,(H,23,24,25). The van der Waals surface area contributed by atoms with Gasteiger partial charge in [-0.15, -0.1) is 23.1 Å². The molecule has 1 heterocycles. The van der Waals surface area contributed by atoms with Gasteiger partial charge >= 0.3 is 0 Å². The van der Waals surface area contributed by atoms with Gasteiger partial charge in [-0.2, -0.15) is 0 Å². The molecule has 0 spiro atoms. The molecule has 1 N–H and O–H groups in total. The lowest BCUT2D eigenvalue weighted by Gasteiger charge is -2.03. The highest BCUT2D eigenvalue weighted by atomic mass is 35.5. The highest BCUT2D eigenvalue weighted by Gasteiger charge is 2.09. The number of thiazole rings is 1. The number of hydrogen-bond donors (Lipinski definition) is 1. The lowest BCUT2D eigenvalue weighted by atomic mass is 10.2. The van der Waals surface area contributed by atoms with Crippen LogP contribution in [0.25, 0.3) is 11.3 Å². The van der Waals surface area contributed by atoms with E-state index in [1.165, 1.54) is 23.5 Å². The van der Waals surface area contributed by atoms with E-state index < -0.39 is 0 Å². The molecule has 8 heteroatoms. The fourth-order valence-electron chi connectivity index (χ4n) is 2.25. The normalized spacial score (nSPS) is 10.8. The summed E-state index contributed by atoms with van der Waals surface area (Å²) in [6.07, 6.45) is 1.12. The molecule has 1 amide bonds. The van der Waals surface area contributed by atoms with Crippen molar-refractivity contribution in [3.8, 4) is 11.3 Å². The van der Waals surface area contributed by atoms with Crippen molar-refractivity contribution in [2.75, 3.05) is 11.1 Å². The second-order valence-electron chi connectivity index (χ2n) is 5.62. The van der Waals surface area contributed by atoms with Crippen LogP contribution in [-0.2, 0) is 4.79 Å². The Bertz CT molecular complexity index is 932. The number of thioether (sulfide) groups is 1. The van der Waals surface area contributed by atoms with Crippen LogP contribution in [0.4, 0.5) is 9.52 Å². The van der Waals surface area contributed by atoms with Crippen LogP contribution >= 0.6 is 46.3 Å². The Morgan fingerprint density at radius 3 is 2.67 bits per heavy atom. The number of benzene rings is 2. The van der Waals surface area contributed by atoms with E-state index in [2.05, 4.69) is 10.3 Å². The molecule has 3 rings (SSSR count). The number of aromatic nitrogens is 1. The van der Waals surface area contributed by atoms with Crippen molar-refractivity contribution in [2.45, 2.75) is 17.7 Å². The molecule has 140 valence electrons. The van der Waals surface area contributed by atoms with Gasteiger partial charge in [0, 0.05) is 22.3 Å². The molecule has 0 bridgehead atoms. The third-order valence-electron chi connectivity index (χ3n) is 3.60. The van der Waals surface area contributed by atoms with Crippen molar-refractivity contribution >= 4 is 57.3 Å². The van der Waals surface area contributed by atoms with Gasteiger partial charge < -0.3 is 5.32 Å². The average Bonchev–Trinajstić information content (AvgIpc) is 3.11. The lowest BCUT2D eigenvalue weighted by molar-refractivity contribution is -0.116. The summed E-state index contributed by atoms with van der Waals surface area (Å²) in [7, 11) is 0. The van der Waals surface area contributed by atoms with Crippen molar-refractivity contribution in [3.63, 3.8) is 0 Å². The molecular formula is C19H15Cl2FN2OS2. The van der Waals surface area contributed by atoms with Crippen LogP contribution in [0.3, 0.4) is 0 Å². The van der Waals surface area contributed by atoms with Gasteiger partial charge in [0.2, 0.25) is 5.91 Å². The van der Waals surface area contributed by atoms with Gasteiger partial charge in [-0.25, -0.2) is 9.37 Å². The summed E-state index contributed by atoms with van der Waals surface area (Å²) in [6.45, 7) is 0. The summed E-state index contributed by atoms with van der Waals surface area (Å²) < 4.78 is 12.9. The summed E-state index contributed by atoms with van der Waals surface area (Å²) in [5, 5.41) is 6.18. The minimum Gasteiger partial charge on any atom is -0.302 e. The molecule has 0 radical (unpaired) electrons. The first kappa shape index (κ1) is 20.1. The number of rotatable bonds is 7. The maximum Gasteiger partial charge on any atom is 0.226 e. The van der Waals surface area contributed by atoms with Crippen LogP contribution < -0.4 is 5.32 Å². The zero-order valence-corrected chi connectivity index (χ0v) is 17.2.